The van der Waals surface area contributed by atoms with Gasteiger partial charge in [-0.2, -0.15) is 0 Å². The van der Waals surface area contributed by atoms with Gasteiger partial charge in [-0.05, 0) is 74.5 Å². The highest BCUT2D eigenvalue weighted by molar-refractivity contribution is 7.80. The molecule has 0 spiro atoms. The molecule has 0 radical (unpaired) electrons. The summed E-state index contributed by atoms with van der Waals surface area (Å²) in [6.07, 6.45) is 7.52. The Hall–Kier alpha value is -1.63. The lowest BCUT2D eigenvalue weighted by Crippen LogP contribution is -2.30. The Kier molecular flexibility index (Phi) is 8.33. The summed E-state index contributed by atoms with van der Waals surface area (Å²) in [6, 6.07) is 7.80. The number of thiophene rings is 1. The quantitative estimate of drug-likeness (QED) is 0.432. The molecule has 1 aliphatic rings. The number of hydrogen-bond donors (Lipinski definition) is 2. The normalized spacial score (nSPS) is 13.7. The van der Waals surface area contributed by atoms with Gasteiger partial charge >= 0.3 is 5.97 Å². The maximum Gasteiger partial charge on any atom is 0.341 e. The monoisotopic (exact) mass is 450 g/mol. The molecule has 0 aliphatic heterocycles. The van der Waals surface area contributed by atoms with Crippen LogP contribution in [0, 0.1) is 0 Å². The number of carbonyl (C=O) groups excluding carboxylic acids is 1. The van der Waals surface area contributed by atoms with Crippen molar-refractivity contribution in [3.8, 4) is 0 Å². The second-order valence-corrected chi connectivity index (χ2v) is 9.05. The highest BCUT2D eigenvalue weighted by Gasteiger charge is 2.25. The predicted molar refractivity (Wildman–Crippen MR) is 126 cm³/mol. The van der Waals surface area contributed by atoms with Crippen LogP contribution in [-0.4, -0.2) is 24.2 Å². The van der Waals surface area contributed by atoms with Crippen LogP contribution in [0.2, 0.25) is 5.02 Å². The number of halogens is 1. The topological polar surface area (TPSA) is 50.4 Å². The van der Waals surface area contributed by atoms with Crippen LogP contribution in [0.5, 0.6) is 0 Å². The Labute approximate surface area is 187 Å². The van der Waals surface area contributed by atoms with Crippen molar-refractivity contribution >= 4 is 51.2 Å². The fourth-order valence-electron chi connectivity index (χ4n) is 3.55. The van der Waals surface area contributed by atoms with Crippen molar-refractivity contribution in [2.45, 2.75) is 51.9 Å². The zero-order valence-electron chi connectivity index (χ0n) is 16.7. The van der Waals surface area contributed by atoms with Gasteiger partial charge in [-0.1, -0.05) is 36.6 Å². The standard InChI is InChI=1S/C22H27ClN2O2S2/c1-2-27-21(26)19-17-7-5-3-4-6-8-18(17)29-20(19)25-22(28)24-14-13-15-9-11-16(23)12-10-15/h9-12H,2-8,13-14H2,1H3,(H2,24,25,28). The number of anilines is 1. The van der Waals surface area contributed by atoms with Gasteiger partial charge in [0.05, 0.1) is 12.2 Å². The average molecular weight is 451 g/mol. The first-order chi connectivity index (χ1) is 14.1. The first-order valence-electron chi connectivity index (χ1n) is 10.2. The van der Waals surface area contributed by atoms with Gasteiger partial charge in [0.25, 0.3) is 0 Å². The van der Waals surface area contributed by atoms with Gasteiger partial charge in [0.15, 0.2) is 5.11 Å². The number of hydrogen-bond acceptors (Lipinski definition) is 4. The minimum absolute atomic E-state index is 0.253. The molecule has 4 nitrogen and oxygen atoms in total. The molecule has 0 saturated heterocycles. The van der Waals surface area contributed by atoms with Crippen molar-refractivity contribution in [1.82, 2.24) is 5.32 Å². The van der Waals surface area contributed by atoms with Crippen molar-refractivity contribution in [2.24, 2.45) is 0 Å². The van der Waals surface area contributed by atoms with E-state index in [1.807, 2.05) is 31.2 Å². The Balaban J connectivity index is 1.67. The van der Waals surface area contributed by atoms with E-state index < -0.39 is 0 Å². The zero-order chi connectivity index (χ0) is 20.6. The van der Waals surface area contributed by atoms with Gasteiger partial charge in [-0.25, -0.2) is 4.79 Å². The van der Waals surface area contributed by atoms with Gasteiger partial charge in [-0.3, -0.25) is 0 Å². The highest BCUT2D eigenvalue weighted by Crippen LogP contribution is 2.37. The lowest BCUT2D eigenvalue weighted by Gasteiger charge is -2.12. The molecule has 1 aromatic heterocycles. The Morgan fingerprint density at radius 2 is 1.90 bits per heavy atom. The predicted octanol–water partition coefficient (Wildman–Crippen LogP) is 5.77. The summed E-state index contributed by atoms with van der Waals surface area (Å²) < 4.78 is 5.35. The molecule has 0 fully saturated rings. The molecular formula is C22H27ClN2O2S2. The number of carbonyl (C=O) groups is 1. The third-order valence-corrected chi connectivity index (χ3v) is 6.70. The number of fused-ring (bicyclic) bond motifs is 1. The molecule has 2 N–H and O–H groups in total. The van der Waals surface area contributed by atoms with Crippen molar-refractivity contribution in [1.29, 1.82) is 0 Å². The Morgan fingerprint density at radius 3 is 2.62 bits per heavy atom. The van der Waals surface area contributed by atoms with Crippen LogP contribution in [0.1, 0.15) is 59.0 Å². The summed E-state index contributed by atoms with van der Waals surface area (Å²) in [7, 11) is 0. The molecule has 156 valence electrons. The summed E-state index contributed by atoms with van der Waals surface area (Å²) in [4.78, 5) is 14.0. The van der Waals surface area contributed by atoms with Gasteiger partial charge in [0.1, 0.15) is 5.00 Å². The summed E-state index contributed by atoms with van der Waals surface area (Å²) in [5.74, 6) is -0.253. The lowest BCUT2D eigenvalue weighted by atomic mass is 9.96. The van der Waals surface area contributed by atoms with E-state index in [4.69, 9.17) is 28.6 Å². The van der Waals surface area contributed by atoms with E-state index in [2.05, 4.69) is 10.6 Å². The minimum atomic E-state index is -0.253. The van der Waals surface area contributed by atoms with Crippen molar-refractivity contribution in [3.05, 3.63) is 50.9 Å². The maximum atomic E-state index is 12.7. The van der Waals surface area contributed by atoms with E-state index in [-0.39, 0.29) is 5.97 Å². The number of ether oxygens (including phenoxy) is 1. The van der Waals surface area contributed by atoms with E-state index in [9.17, 15) is 4.79 Å². The number of rotatable bonds is 6. The van der Waals surface area contributed by atoms with Crippen LogP contribution in [0.4, 0.5) is 5.00 Å². The molecule has 0 bridgehead atoms. The summed E-state index contributed by atoms with van der Waals surface area (Å²) in [5, 5.41) is 8.57. The van der Waals surface area contributed by atoms with E-state index >= 15 is 0 Å². The largest absolute Gasteiger partial charge is 0.462 e. The molecule has 0 atom stereocenters. The first-order valence-corrected chi connectivity index (χ1v) is 11.8. The fourth-order valence-corrected chi connectivity index (χ4v) is 5.22. The number of nitrogens with one attached hydrogen (secondary N) is 2. The number of thiocarbonyl (C=S) groups is 1. The van der Waals surface area contributed by atoms with Crippen LogP contribution in [-0.2, 0) is 24.0 Å². The molecule has 2 aromatic rings. The van der Waals surface area contributed by atoms with Crippen LogP contribution in [0.15, 0.2) is 24.3 Å². The van der Waals surface area contributed by atoms with Gasteiger partial charge in [0.2, 0.25) is 0 Å². The number of benzene rings is 1. The molecule has 3 rings (SSSR count). The molecule has 0 amide bonds. The fraction of sp³-hybridized carbons (Fsp3) is 0.455. The molecule has 1 heterocycles. The van der Waals surface area contributed by atoms with Gasteiger partial charge < -0.3 is 15.4 Å². The summed E-state index contributed by atoms with van der Waals surface area (Å²) >= 11 is 13.1. The summed E-state index contributed by atoms with van der Waals surface area (Å²) in [5.41, 5.74) is 3.02. The number of aryl methyl sites for hydroxylation is 1. The second-order valence-electron chi connectivity index (χ2n) is 7.10. The molecule has 0 saturated carbocycles. The maximum absolute atomic E-state index is 12.7. The smallest absolute Gasteiger partial charge is 0.341 e. The molecular weight excluding hydrogens is 424 g/mol. The molecule has 1 aliphatic carbocycles. The van der Waals surface area contributed by atoms with Crippen LogP contribution in [0.25, 0.3) is 0 Å². The van der Waals surface area contributed by atoms with Crippen molar-refractivity contribution in [2.75, 3.05) is 18.5 Å². The van der Waals surface area contributed by atoms with E-state index in [1.165, 1.54) is 29.7 Å². The third kappa shape index (κ3) is 6.17. The van der Waals surface area contributed by atoms with E-state index in [0.717, 1.165) is 41.3 Å². The number of esters is 1. The lowest BCUT2D eigenvalue weighted by molar-refractivity contribution is 0.0526. The third-order valence-electron chi connectivity index (χ3n) is 4.99. The Morgan fingerprint density at radius 1 is 1.17 bits per heavy atom. The molecule has 1 aromatic carbocycles. The Bertz CT molecular complexity index is 849. The molecule has 29 heavy (non-hydrogen) atoms. The van der Waals surface area contributed by atoms with Crippen LogP contribution >= 0.6 is 35.2 Å². The minimum Gasteiger partial charge on any atom is -0.462 e. The average Bonchev–Trinajstić information content (AvgIpc) is 2.99. The van der Waals surface area contributed by atoms with Gasteiger partial charge in [0, 0.05) is 16.4 Å². The zero-order valence-corrected chi connectivity index (χ0v) is 19.1. The molecule has 7 heteroatoms. The van der Waals surface area contributed by atoms with Crippen LogP contribution in [0.3, 0.4) is 0 Å². The van der Waals surface area contributed by atoms with Crippen molar-refractivity contribution < 1.29 is 9.53 Å². The molecule has 0 unspecified atom stereocenters. The highest BCUT2D eigenvalue weighted by atomic mass is 35.5. The second kappa shape index (κ2) is 11.0. The SMILES string of the molecule is CCOC(=O)c1c(NC(=S)NCCc2ccc(Cl)cc2)sc2c1CCCCCC2. The summed E-state index contributed by atoms with van der Waals surface area (Å²) in [6.45, 7) is 2.91. The van der Waals surface area contributed by atoms with E-state index in [0.29, 0.717) is 23.8 Å². The van der Waals surface area contributed by atoms with Gasteiger partial charge in [-0.15, -0.1) is 11.3 Å². The van der Waals surface area contributed by atoms with Crippen LogP contribution < -0.4 is 10.6 Å². The van der Waals surface area contributed by atoms with Crippen molar-refractivity contribution in [3.63, 3.8) is 0 Å². The first kappa shape index (κ1) is 22.1. The van der Waals surface area contributed by atoms with E-state index in [1.54, 1.807) is 11.3 Å².